The Morgan fingerprint density at radius 3 is 2.41 bits per heavy atom. The summed E-state index contributed by atoms with van der Waals surface area (Å²) in [6.07, 6.45) is 0. The van der Waals surface area contributed by atoms with Gasteiger partial charge in [0.25, 0.3) is 0 Å². The Balaban J connectivity index is 2.33. The van der Waals surface area contributed by atoms with Gasteiger partial charge in [0, 0.05) is 11.6 Å². The SMILES string of the molecule is COc1ccccc1-c1noc2cc(OC)c(OC)c(O)c12. The van der Waals surface area contributed by atoms with Crippen molar-refractivity contribution in [1.82, 2.24) is 5.16 Å². The van der Waals surface area contributed by atoms with Gasteiger partial charge in [0.05, 0.1) is 26.7 Å². The van der Waals surface area contributed by atoms with Crippen LogP contribution in [-0.4, -0.2) is 31.6 Å². The minimum absolute atomic E-state index is 0.0843. The number of hydrogen-bond donors (Lipinski definition) is 1. The van der Waals surface area contributed by atoms with Crippen molar-refractivity contribution in [3.63, 3.8) is 0 Å². The van der Waals surface area contributed by atoms with E-state index in [1.165, 1.54) is 14.2 Å². The lowest BCUT2D eigenvalue weighted by Crippen LogP contribution is -1.92. The van der Waals surface area contributed by atoms with Gasteiger partial charge in [-0.2, -0.15) is 0 Å². The summed E-state index contributed by atoms with van der Waals surface area (Å²) in [7, 11) is 4.52. The van der Waals surface area contributed by atoms with Gasteiger partial charge in [0.2, 0.25) is 5.75 Å². The molecule has 0 aliphatic carbocycles. The highest BCUT2D eigenvalue weighted by atomic mass is 16.5. The molecule has 0 aliphatic heterocycles. The van der Waals surface area contributed by atoms with Gasteiger partial charge in [0.1, 0.15) is 11.4 Å². The van der Waals surface area contributed by atoms with Crippen molar-refractivity contribution in [3.8, 4) is 34.3 Å². The molecule has 1 aromatic heterocycles. The Bertz CT molecular complexity index is 825. The van der Waals surface area contributed by atoms with E-state index in [0.717, 1.165) is 0 Å². The Labute approximate surface area is 126 Å². The van der Waals surface area contributed by atoms with Crippen molar-refractivity contribution in [3.05, 3.63) is 30.3 Å². The first-order valence-electron chi connectivity index (χ1n) is 6.58. The molecule has 1 heterocycles. The molecule has 0 spiro atoms. The molecule has 22 heavy (non-hydrogen) atoms. The van der Waals surface area contributed by atoms with Gasteiger partial charge in [-0.3, -0.25) is 0 Å². The van der Waals surface area contributed by atoms with E-state index in [0.29, 0.717) is 33.7 Å². The maximum absolute atomic E-state index is 10.5. The van der Waals surface area contributed by atoms with E-state index in [1.807, 2.05) is 24.3 Å². The molecule has 0 aliphatic rings. The van der Waals surface area contributed by atoms with Crippen LogP contribution in [0.3, 0.4) is 0 Å². The number of phenolic OH excluding ortho intramolecular Hbond substituents is 1. The Morgan fingerprint density at radius 1 is 1.00 bits per heavy atom. The molecule has 0 atom stereocenters. The quantitative estimate of drug-likeness (QED) is 0.797. The molecule has 0 radical (unpaired) electrons. The van der Waals surface area contributed by atoms with Gasteiger partial charge in [-0.25, -0.2) is 0 Å². The molecular formula is C16H15NO5. The van der Waals surface area contributed by atoms with Crippen LogP contribution in [0, 0.1) is 0 Å². The number of hydrogen-bond acceptors (Lipinski definition) is 6. The summed E-state index contributed by atoms with van der Waals surface area (Å²) in [6, 6.07) is 8.99. The summed E-state index contributed by atoms with van der Waals surface area (Å²) in [4.78, 5) is 0. The van der Waals surface area contributed by atoms with Crippen LogP contribution in [0.15, 0.2) is 34.9 Å². The lowest BCUT2D eigenvalue weighted by molar-refractivity contribution is 0.334. The third-order valence-corrected chi connectivity index (χ3v) is 3.44. The second-order valence-electron chi connectivity index (χ2n) is 4.57. The largest absolute Gasteiger partial charge is 0.504 e. The molecule has 6 nitrogen and oxygen atoms in total. The lowest BCUT2D eigenvalue weighted by atomic mass is 10.1. The molecule has 114 valence electrons. The van der Waals surface area contributed by atoms with Crippen molar-refractivity contribution in [2.24, 2.45) is 0 Å². The van der Waals surface area contributed by atoms with Crippen LogP contribution < -0.4 is 14.2 Å². The average Bonchev–Trinajstić information content (AvgIpc) is 2.98. The molecule has 1 N–H and O–H groups in total. The number of benzene rings is 2. The second-order valence-corrected chi connectivity index (χ2v) is 4.57. The van der Waals surface area contributed by atoms with E-state index in [1.54, 1.807) is 13.2 Å². The van der Waals surface area contributed by atoms with E-state index in [2.05, 4.69) is 5.16 Å². The van der Waals surface area contributed by atoms with Gasteiger partial charge in [-0.1, -0.05) is 17.3 Å². The molecule has 0 unspecified atom stereocenters. The normalized spacial score (nSPS) is 10.7. The van der Waals surface area contributed by atoms with Crippen LogP contribution in [0.25, 0.3) is 22.2 Å². The number of aromatic nitrogens is 1. The summed E-state index contributed by atoms with van der Waals surface area (Å²) >= 11 is 0. The molecule has 0 saturated heterocycles. The fourth-order valence-electron chi connectivity index (χ4n) is 2.42. The molecule has 3 rings (SSSR count). The summed E-state index contributed by atoms with van der Waals surface area (Å²) in [6.45, 7) is 0. The number of fused-ring (bicyclic) bond motifs is 1. The molecule has 6 heteroatoms. The van der Waals surface area contributed by atoms with Crippen molar-refractivity contribution in [2.75, 3.05) is 21.3 Å². The van der Waals surface area contributed by atoms with E-state index in [-0.39, 0.29) is 11.5 Å². The first-order valence-corrected chi connectivity index (χ1v) is 6.58. The number of aromatic hydroxyl groups is 1. The summed E-state index contributed by atoms with van der Waals surface area (Å²) in [5.41, 5.74) is 1.59. The lowest BCUT2D eigenvalue weighted by Gasteiger charge is -2.10. The van der Waals surface area contributed by atoms with Crippen LogP contribution in [-0.2, 0) is 0 Å². The first-order chi connectivity index (χ1) is 10.7. The number of phenols is 1. The zero-order valence-electron chi connectivity index (χ0n) is 12.4. The summed E-state index contributed by atoms with van der Waals surface area (Å²) in [5, 5.41) is 15.0. The fourth-order valence-corrected chi connectivity index (χ4v) is 2.42. The predicted octanol–water partition coefficient (Wildman–Crippen LogP) is 3.23. The highest BCUT2D eigenvalue weighted by molar-refractivity contribution is 6.00. The summed E-state index contributed by atoms with van der Waals surface area (Å²) < 4.78 is 21.1. The van der Waals surface area contributed by atoms with Crippen molar-refractivity contribution in [1.29, 1.82) is 0 Å². The van der Waals surface area contributed by atoms with Gasteiger partial charge in [-0.05, 0) is 12.1 Å². The minimum atomic E-state index is -0.0843. The Kier molecular flexibility index (Phi) is 3.50. The fraction of sp³-hybridized carbons (Fsp3) is 0.188. The average molecular weight is 301 g/mol. The summed E-state index contributed by atoms with van der Waals surface area (Å²) in [5.74, 6) is 1.15. The van der Waals surface area contributed by atoms with Gasteiger partial charge in [0.15, 0.2) is 17.1 Å². The predicted molar refractivity (Wildman–Crippen MR) is 80.8 cm³/mol. The third-order valence-electron chi connectivity index (χ3n) is 3.44. The van der Waals surface area contributed by atoms with Crippen molar-refractivity contribution >= 4 is 11.0 Å². The van der Waals surface area contributed by atoms with E-state index in [9.17, 15) is 5.11 Å². The molecular weight excluding hydrogens is 286 g/mol. The molecule has 2 aromatic carbocycles. The Hall–Kier alpha value is -2.89. The number of ether oxygens (including phenoxy) is 3. The van der Waals surface area contributed by atoms with Gasteiger partial charge >= 0.3 is 0 Å². The van der Waals surface area contributed by atoms with Crippen LogP contribution >= 0.6 is 0 Å². The highest BCUT2D eigenvalue weighted by Crippen LogP contribution is 2.47. The van der Waals surface area contributed by atoms with Crippen LogP contribution in [0.4, 0.5) is 0 Å². The molecule has 3 aromatic rings. The maximum Gasteiger partial charge on any atom is 0.204 e. The van der Waals surface area contributed by atoms with Gasteiger partial charge < -0.3 is 23.8 Å². The maximum atomic E-state index is 10.5. The molecule has 0 bridgehead atoms. The number of nitrogens with zero attached hydrogens (tertiary/aromatic N) is 1. The monoisotopic (exact) mass is 301 g/mol. The standard InChI is InChI=1S/C16H15NO5/c1-19-10-7-5-4-6-9(10)14-13-11(22-17-14)8-12(20-2)16(21-3)15(13)18/h4-8,18H,1-3H3. The molecule has 0 amide bonds. The van der Waals surface area contributed by atoms with E-state index >= 15 is 0 Å². The number of para-hydroxylation sites is 1. The van der Waals surface area contributed by atoms with E-state index in [4.69, 9.17) is 18.7 Å². The van der Waals surface area contributed by atoms with Crippen molar-refractivity contribution in [2.45, 2.75) is 0 Å². The van der Waals surface area contributed by atoms with Crippen LogP contribution in [0.1, 0.15) is 0 Å². The van der Waals surface area contributed by atoms with E-state index < -0.39 is 0 Å². The zero-order chi connectivity index (χ0) is 15.7. The number of methoxy groups -OCH3 is 3. The molecule has 0 saturated carbocycles. The second kappa shape index (κ2) is 5.48. The third kappa shape index (κ3) is 2.00. The van der Waals surface area contributed by atoms with Crippen LogP contribution in [0.2, 0.25) is 0 Å². The van der Waals surface area contributed by atoms with Crippen LogP contribution in [0.5, 0.6) is 23.0 Å². The van der Waals surface area contributed by atoms with Crippen molar-refractivity contribution < 1.29 is 23.8 Å². The highest BCUT2D eigenvalue weighted by Gasteiger charge is 2.23. The van der Waals surface area contributed by atoms with Gasteiger partial charge in [-0.15, -0.1) is 0 Å². The number of rotatable bonds is 4. The topological polar surface area (TPSA) is 74.0 Å². The first kappa shape index (κ1) is 14.1. The smallest absolute Gasteiger partial charge is 0.204 e. The minimum Gasteiger partial charge on any atom is -0.504 e. The zero-order valence-corrected chi connectivity index (χ0v) is 12.4. The Morgan fingerprint density at radius 2 is 1.73 bits per heavy atom. The molecule has 0 fully saturated rings.